The van der Waals surface area contributed by atoms with Crippen LogP contribution in [0.3, 0.4) is 0 Å². The van der Waals surface area contributed by atoms with Crippen LogP contribution in [0, 0.1) is 5.92 Å². The van der Waals surface area contributed by atoms with E-state index in [-0.39, 0.29) is 29.7 Å². The predicted octanol–water partition coefficient (Wildman–Crippen LogP) is 1.59. The smallest absolute Gasteiger partial charge is 0.317 e. The lowest BCUT2D eigenvalue weighted by molar-refractivity contribution is 0.0479. The molecule has 0 bridgehead atoms. The van der Waals surface area contributed by atoms with Crippen molar-refractivity contribution >= 4 is 6.03 Å². The molecule has 1 aromatic heterocycles. The zero-order chi connectivity index (χ0) is 17.4. The van der Waals surface area contributed by atoms with Gasteiger partial charge in [-0.2, -0.15) is 5.10 Å². The first-order chi connectivity index (χ1) is 12.1. The molecule has 1 unspecified atom stereocenters. The van der Waals surface area contributed by atoms with Crippen LogP contribution in [0.1, 0.15) is 50.2 Å². The molecule has 3 atom stereocenters. The van der Waals surface area contributed by atoms with Crippen LogP contribution in [0.15, 0.2) is 12.4 Å². The number of likely N-dealkylation sites (tertiary alicyclic amines) is 1. The van der Waals surface area contributed by atoms with Gasteiger partial charge in [0.1, 0.15) is 0 Å². The van der Waals surface area contributed by atoms with Crippen molar-refractivity contribution in [3.05, 3.63) is 18.0 Å². The molecule has 1 aliphatic carbocycles. The third-order valence-corrected chi connectivity index (χ3v) is 6.28. The monoisotopic (exact) mass is 348 g/mol. The molecule has 0 radical (unpaired) electrons. The summed E-state index contributed by atoms with van der Waals surface area (Å²) in [4.78, 5) is 14.7. The van der Waals surface area contributed by atoms with E-state index in [2.05, 4.69) is 10.4 Å². The molecule has 1 spiro atoms. The van der Waals surface area contributed by atoms with Crippen LogP contribution in [0.4, 0.5) is 4.79 Å². The predicted molar refractivity (Wildman–Crippen MR) is 91.9 cm³/mol. The minimum absolute atomic E-state index is 0.00129. The standard InChI is InChI=1S/C18H28N4O3/c1-21-12-14(11-20-21)16-13(5-9-25-16)10-19-17(24)22-8-4-15(23)18(22)6-2-3-7-18/h11-13,15-16,23H,2-10H2,1H3,(H,19,24)/t13-,15?,16+/m0/s1. The number of aryl methyl sites for hydroxylation is 1. The van der Waals surface area contributed by atoms with Gasteiger partial charge in [-0.3, -0.25) is 4.68 Å². The molecule has 7 heteroatoms. The zero-order valence-electron chi connectivity index (χ0n) is 14.9. The normalized spacial score (nSPS) is 31.1. The average Bonchev–Trinajstić information content (AvgIpc) is 3.36. The Kier molecular flexibility index (Phi) is 4.45. The Morgan fingerprint density at radius 2 is 2.24 bits per heavy atom. The molecule has 2 saturated heterocycles. The molecule has 7 nitrogen and oxygen atoms in total. The minimum atomic E-state index is -0.376. The van der Waals surface area contributed by atoms with Crippen LogP contribution in [0.2, 0.25) is 0 Å². The second-order valence-electron chi connectivity index (χ2n) is 7.74. The molecule has 0 aromatic carbocycles. The topological polar surface area (TPSA) is 79.6 Å². The van der Waals surface area contributed by atoms with E-state index in [9.17, 15) is 9.90 Å². The van der Waals surface area contributed by atoms with Crippen LogP contribution < -0.4 is 5.32 Å². The number of rotatable bonds is 3. The van der Waals surface area contributed by atoms with Crippen molar-refractivity contribution in [3.8, 4) is 0 Å². The maximum Gasteiger partial charge on any atom is 0.317 e. The summed E-state index contributed by atoms with van der Waals surface area (Å²) in [5.41, 5.74) is 0.752. The van der Waals surface area contributed by atoms with Crippen molar-refractivity contribution in [1.29, 1.82) is 0 Å². The number of ether oxygens (including phenoxy) is 1. The molecule has 4 rings (SSSR count). The van der Waals surface area contributed by atoms with Crippen LogP contribution >= 0.6 is 0 Å². The van der Waals surface area contributed by atoms with E-state index in [1.807, 2.05) is 24.3 Å². The van der Waals surface area contributed by atoms with E-state index in [4.69, 9.17) is 4.74 Å². The number of carbonyl (C=O) groups is 1. The van der Waals surface area contributed by atoms with Crippen LogP contribution in [0.25, 0.3) is 0 Å². The third kappa shape index (κ3) is 2.93. The van der Waals surface area contributed by atoms with E-state index in [0.29, 0.717) is 26.1 Å². The summed E-state index contributed by atoms with van der Waals surface area (Å²) in [6, 6.07) is -0.0321. The number of hydrogen-bond donors (Lipinski definition) is 2. The third-order valence-electron chi connectivity index (χ3n) is 6.28. The number of nitrogens with one attached hydrogen (secondary N) is 1. The van der Waals surface area contributed by atoms with Crippen LogP contribution in [-0.4, -0.2) is 57.2 Å². The van der Waals surface area contributed by atoms with Gasteiger partial charge >= 0.3 is 6.03 Å². The maximum atomic E-state index is 12.8. The summed E-state index contributed by atoms with van der Waals surface area (Å²) in [7, 11) is 1.90. The average molecular weight is 348 g/mol. The minimum Gasteiger partial charge on any atom is -0.391 e. The van der Waals surface area contributed by atoms with Gasteiger partial charge in [0.2, 0.25) is 0 Å². The molecule has 3 aliphatic rings. The molecule has 2 amide bonds. The lowest BCUT2D eigenvalue weighted by Gasteiger charge is -2.37. The van der Waals surface area contributed by atoms with Crippen molar-refractivity contribution in [2.45, 2.75) is 56.3 Å². The summed E-state index contributed by atoms with van der Waals surface area (Å²) in [6.07, 6.45) is 9.12. The Hall–Kier alpha value is -1.60. The van der Waals surface area contributed by atoms with Crippen molar-refractivity contribution in [3.63, 3.8) is 0 Å². The van der Waals surface area contributed by atoms with Crippen molar-refractivity contribution in [2.24, 2.45) is 13.0 Å². The van der Waals surface area contributed by atoms with Gasteiger partial charge < -0.3 is 20.1 Å². The Bertz CT molecular complexity index is 626. The van der Waals surface area contributed by atoms with E-state index in [0.717, 1.165) is 37.7 Å². The Morgan fingerprint density at radius 1 is 1.44 bits per heavy atom. The molecule has 25 heavy (non-hydrogen) atoms. The molecule has 3 heterocycles. The summed E-state index contributed by atoms with van der Waals surface area (Å²) in [5, 5.41) is 17.8. The van der Waals surface area contributed by atoms with E-state index >= 15 is 0 Å². The van der Waals surface area contributed by atoms with Gasteiger partial charge in [0, 0.05) is 44.4 Å². The van der Waals surface area contributed by atoms with Gasteiger partial charge in [-0.05, 0) is 25.7 Å². The Morgan fingerprint density at radius 3 is 2.96 bits per heavy atom. The van der Waals surface area contributed by atoms with Gasteiger partial charge in [0.05, 0.1) is 23.9 Å². The van der Waals surface area contributed by atoms with Crippen molar-refractivity contribution in [2.75, 3.05) is 19.7 Å². The lowest BCUT2D eigenvalue weighted by Crippen LogP contribution is -2.54. The fourth-order valence-electron chi connectivity index (χ4n) is 4.93. The maximum absolute atomic E-state index is 12.8. The number of aromatic nitrogens is 2. The highest BCUT2D eigenvalue weighted by Crippen LogP contribution is 2.43. The van der Waals surface area contributed by atoms with E-state index in [1.54, 1.807) is 4.68 Å². The second-order valence-corrected chi connectivity index (χ2v) is 7.74. The number of amides is 2. The summed E-state index contributed by atoms with van der Waals surface area (Å²) in [6.45, 7) is 1.97. The van der Waals surface area contributed by atoms with Crippen molar-refractivity contribution < 1.29 is 14.6 Å². The number of urea groups is 1. The highest BCUT2D eigenvalue weighted by atomic mass is 16.5. The van der Waals surface area contributed by atoms with Crippen LogP contribution in [-0.2, 0) is 11.8 Å². The number of nitrogens with zero attached hydrogens (tertiary/aromatic N) is 3. The molecule has 138 valence electrons. The second kappa shape index (κ2) is 6.61. The number of carbonyl (C=O) groups excluding carboxylic acids is 1. The zero-order valence-corrected chi connectivity index (χ0v) is 14.9. The summed E-state index contributed by atoms with van der Waals surface area (Å²) < 4.78 is 7.65. The Balaban J connectivity index is 1.38. The number of aliphatic hydroxyl groups is 1. The van der Waals surface area contributed by atoms with Gasteiger partial charge in [0.15, 0.2) is 0 Å². The van der Waals surface area contributed by atoms with Gasteiger partial charge in [0.25, 0.3) is 0 Å². The van der Waals surface area contributed by atoms with Gasteiger partial charge in [-0.1, -0.05) is 12.8 Å². The number of aliphatic hydroxyl groups excluding tert-OH is 1. The fraction of sp³-hybridized carbons (Fsp3) is 0.778. The molecule has 1 saturated carbocycles. The number of hydrogen-bond acceptors (Lipinski definition) is 4. The molecule has 2 N–H and O–H groups in total. The molecular weight excluding hydrogens is 320 g/mol. The van der Waals surface area contributed by atoms with Gasteiger partial charge in [-0.25, -0.2) is 4.79 Å². The first-order valence-electron chi connectivity index (χ1n) is 9.44. The molecule has 1 aromatic rings. The summed E-state index contributed by atoms with van der Waals surface area (Å²) in [5.74, 6) is 0.264. The lowest BCUT2D eigenvalue weighted by atomic mass is 9.91. The van der Waals surface area contributed by atoms with Crippen LogP contribution in [0.5, 0.6) is 0 Å². The first-order valence-corrected chi connectivity index (χ1v) is 9.44. The largest absolute Gasteiger partial charge is 0.391 e. The van der Waals surface area contributed by atoms with E-state index < -0.39 is 0 Å². The molecule has 3 fully saturated rings. The fourth-order valence-corrected chi connectivity index (χ4v) is 4.93. The van der Waals surface area contributed by atoms with E-state index in [1.165, 1.54) is 0 Å². The van der Waals surface area contributed by atoms with Gasteiger partial charge in [-0.15, -0.1) is 0 Å². The molecular formula is C18H28N4O3. The highest BCUT2D eigenvalue weighted by molar-refractivity contribution is 5.75. The first kappa shape index (κ1) is 16.8. The summed E-state index contributed by atoms with van der Waals surface area (Å²) >= 11 is 0. The molecule has 2 aliphatic heterocycles. The Labute approximate surface area is 148 Å². The quantitative estimate of drug-likeness (QED) is 0.869. The van der Waals surface area contributed by atoms with Crippen molar-refractivity contribution in [1.82, 2.24) is 20.0 Å². The SMILES string of the molecule is Cn1cc([C@@H]2OCC[C@H]2CNC(=O)N2CCC(O)C23CCCC3)cn1. The highest BCUT2D eigenvalue weighted by Gasteiger charge is 2.51.